The van der Waals surface area contributed by atoms with Gasteiger partial charge in [0.05, 0.1) is 17.6 Å². The van der Waals surface area contributed by atoms with Gasteiger partial charge in [-0.3, -0.25) is 9.52 Å². The number of anilines is 1. The Bertz CT molecular complexity index is 1690. The lowest BCUT2D eigenvalue weighted by molar-refractivity contribution is 0.416. The quantitative estimate of drug-likeness (QED) is 0.304. The minimum Gasteiger partial charge on any atom is -0.496 e. The maximum absolute atomic E-state index is 13.8. The van der Waals surface area contributed by atoms with Gasteiger partial charge in [0.2, 0.25) is 0 Å². The monoisotopic (exact) mass is 523 g/mol. The van der Waals surface area contributed by atoms with Crippen LogP contribution in [0.25, 0.3) is 33.0 Å². The van der Waals surface area contributed by atoms with Gasteiger partial charge in [-0.2, -0.15) is 0 Å². The molecule has 7 nitrogen and oxygen atoms in total. The summed E-state index contributed by atoms with van der Waals surface area (Å²) < 4.78 is 41.2. The van der Waals surface area contributed by atoms with E-state index in [-0.39, 0.29) is 11.4 Å². The molecule has 1 unspecified atom stereocenters. The van der Waals surface area contributed by atoms with E-state index in [1.54, 1.807) is 61.8 Å². The van der Waals surface area contributed by atoms with E-state index in [1.165, 1.54) is 30.1 Å². The zero-order valence-corrected chi connectivity index (χ0v) is 20.7. The average molecular weight is 524 g/mol. The number of hydrogen-bond donors (Lipinski definition) is 1. The van der Waals surface area contributed by atoms with Crippen molar-refractivity contribution in [3.05, 3.63) is 94.3 Å². The molecule has 1 atom stereocenters. The number of hydrogen-bond acceptors (Lipinski definition) is 5. The summed E-state index contributed by atoms with van der Waals surface area (Å²) >= 11 is 6.62. The molecule has 1 N–H and O–H groups in total. The second-order valence-corrected chi connectivity index (χ2v) is 9.59. The Balaban J connectivity index is 1.66. The van der Waals surface area contributed by atoms with Crippen LogP contribution in [0.15, 0.2) is 87.3 Å². The molecule has 0 aliphatic carbocycles. The summed E-state index contributed by atoms with van der Waals surface area (Å²) in [7, 11) is 1.53. The predicted molar refractivity (Wildman–Crippen MR) is 138 cm³/mol. The molecule has 0 spiro atoms. The highest BCUT2D eigenvalue weighted by Crippen LogP contribution is 2.40. The highest BCUT2D eigenvalue weighted by molar-refractivity contribution is 7.86. The molecule has 0 saturated carbocycles. The average Bonchev–Trinajstić information content (AvgIpc) is 3.37. The summed E-state index contributed by atoms with van der Waals surface area (Å²) in [6.45, 7) is 0. The first kappa shape index (κ1) is 23.8. The SMILES string of the molecule is COc1cc(-c2cccc(F)c2)c(Cl)cc1-c1c(=O)n(C)cc2cc(S(=O)Nc3ccon3)ccc12. The van der Waals surface area contributed by atoms with E-state index in [0.29, 0.717) is 54.5 Å². The first-order valence-corrected chi connectivity index (χ1v) is 12.2. The molecule has 3 aromatic carbocycles. The third-order valence-corrected chi connectivity index (χ3v) is 7.09. The van der Waals surface area contributed by atoms with Gasteiger partial charge in [-0.15, -0.1) is 0 Å². The van der Waals surface area contributed by atoms with Crippen molar-refractivity contribution in [1.82, 2.24) is 9.72 Å². The van der Waals surface area contributed by atoms with Crippen molar-refractivity contribution < 1.29 is 17.9 Å². The van der Waals surface area contributed by atoms with E-state index in [9.17, 15) is 13.4 Å². The maximum atomic E-state index is 13.8. The van der Waals surface area contributed by atoms with Gasteiger partial charge in [-0.25, -0.2) is 8.60 Å². The van der Waals surface area contributed by atoms with Crippen LogP contribution in [0, 0.1) is 5.82 Å². The molecule has 0 amide bonds. The lowest BCUT2D eigenvalue weighted by Gasteiger charge is -2.16. The summed E-state index contributed by atoms with van der Waals surface area (Å²) in [4.78, 5) is 13.8. The summed E-state index contributed by atoms with van der Waals surface area (Å²) in [5, 5.41) is 5.37. The van der Waals surface area contributed by atoms with Gasteiger partial charge in [-0.05, 0) is 47.3 Å². The number of halogens is 2. The Morgan fingerprint density at radius 2 is 1.94 bits per heavy atom. The lowest BCUT2D eigenvalue weighted by atomic mass is 9.96. The smallest absolute Gasteiger partial charge is 0.258 e. The lowest BCUT2D eigenvalue weighted by Crippen LogP contribution is -2.18. The molecule has 0 aliphatic rings. The van der Waals surface area contributed by atoms with Crippen LogP contribution in [0.1, 0.15) is 0 Å². The zero-order valence-electron chi connectivity index (χ0n) is 19.1. The zero-order chi connectivity index (χ0) is 25.4. The molecule has 10 heteroatoms. The highest BCUT2D eigenvalue weighted by Gasteiger charge is 2.19. The van der Waals surface area contributed by atoms with Crippen LogP contribution in [0.5, 0.6) is 5.75 Å². The van der Waals surface area contributed by atoms with Gasteiger partial charge in [0.1, 0.15) is 17.8 Å². The van der Waals surface area contributed by atoms with Gasteiger partial charge in [0, 0.05) is 40.8 Å². The van der Waals surface area contributed by atoms with Crippen LogP contribution in [-0.4, -0.2) is 21.0 Å². The molecule has 182 valence electrons. The van der Waals surface area contributed by atoms with Crippen molar-refractivity contribution >= 4 is 39.2 Å². The fraction of sp³-hybridized carbons (Fsp3) is 0.0769. The number of pyridine rings is 1. The number of aromatic nitrogens is 2. The molecule has 0 aliphatic heterocycles. The maximum Gasteiger partial charge on any atom is 0.258 e. The molecule has 5 rings (SSSR count). The molecule has 36 heavy (non-hydrogen) atoms. The normalized spacial score (nSPS) is 12.0. The predicted octanol–water partition coefficient (Wildman–Crippen LogP) is 5.80. The van der Waals surface area contributed by atoms with E-state index in [2.05, 4.69) is 9.88 Å². The van der Waals surface area contributed by atoms with Crippen LogP contribution in [-0.2, 0) is 18.0 Å². The number of nitrogens with zero attached hydrogens (tertiary/aromatic N) is 2. The second-order valence-electron chi connectivity index (χ2n) is 7.97. The van der Waals surface area contributed by atoms with Crippen LogP contribution < -0.4 is 15.0 Å². The van der Waals surface area contributed by atoms with Crippen molar-refractivity contribution in [2.24, 2.45) is 7.05 Å². The number of fused-ring (bicyclic) bond motifs is 1. The number of ether oxygens (including phenoxy) is 1. The van der Waals surface area contributed by atoms with Crippen molar-refractivity contribution in [2.75, 3.05) is 11.8 Å². The van der Waals surface area contributed by atoms with Gasteiger partial charge in [0.25, 0.3) is 5.56 Å². The van der Waals surface area contributed by atoms with Gasteiger partial charge in [-0.1, -0.05) is 35.0 Å². The van der Waals surface area contributed by atoms with Crippen molar-refractivity contribution in [1.29, 1.82) is 0 Å². The van der Waals surface area contributed by atoms with Crippen LogP contribution in [0.4, 0.5) is 10.2 Å². The molecule has 0 radical (unpaired) electrons. The standard InChI is InChI=1S/C26H19ClFN3O4S/c1-31-14-16-11-18(36(33)30-24-8-9-35-29-24)6-7-19(16)25(26(31)32)21-12-22(27)20(13-23(21)34-2)15-4-3-5-17(28)10-15/h3-14H,1-2H3,(H,29,30). The Kier molecular flexibility index (Phi) is 6.34. The van der Waals surface area contributed by atoms with E-state index >= 15 is 0 Å². The minimum atomic E-state index is -1.60. The van der Waals surface area contributed by atoms with E-state index < -0.39 is 11.0 Å². The molecule has 2 heterocycles. The molecule has 0 saturated heterocycles. The fourth-order valence-electron chi connectivity index (χ4n) is 4.02. The van der Waals surface area contributed by atoms with E-state index in [1.807, 2.05) is 0 Å². The van der Waals surface area contributed by atoms with Gasteiger partial charge >= 0.3 is 0 Å². The highest BCUT2D eigenvalue weighted by atomic mass is 35.5. The van der Waals surface area contributed by atoms with Crippen LogP contribution in [0.3, 0.4) is 0 Å². The summed E-state index contributed by atoms with van der Waals surface area (Å²) in [6.07, 6.45) is 3.05. The molecule has 5 aromatic rings. The first-order valence-electron chi connectivity index (χ1n) is 10.7. The minimum absolute atomic E-state index is 0.259. The van der Waals surface area contributed by atoms with Crippen molar-refractivity contribution in [3.63, 3.8) is 0 Å². The molecule has 2 aromatic heterocycles. The third-order valence-electron chi connectivity index (χ3n) is 5.70. The van der Waals surface area contributed by atoms with Gasteiger partial charge < -0.3 is 13.8 Å². The number of rotatable bonds is 6. The summed E-state index contributed by atoms with van der Waals surface area (Å²) in [5.41, 5.74) is 1.77. The first-order chi connectivity index (χ1) is 17.4. The Hall–Kier alpha value is -3.95. The Morgan fingerprint density at radius 1 is 1.11 bits per heavy atom. The number of nitrogens with one attached hydrogen (secondary N) is 1. The number of methoxy groups -OCH3 is 1. The fourth-order valence-corrected chi connectivity index (χ4v) is 5.14. The van der Waals surface area contributed by atoms with Crippen LogP contribution >= 0.6 is 11.6 Å². The Labute approximate surface area is 212 Å². The van der Waals surface area contributed by atoms with Crippen molar-refractivity contribution in [3.8, 4) is 28.0 Å². The molecular formula is C26H19ClFN3O4S. The summed E-state index contributed by atoms with van der Waals surface area (Å²) in [6, 6.07) is 16.1. The van der Waals surface area contributed by atoms with E-state index in [0.717, 1.165) is 0 Å². The molecular weight excluding hydrogens is 505 g/mol. The molecule has 0 bridgehead atoms. The third kappa shape index (κ3) is 4.38. The van der Waals surface area contributed by atoms with Crippen molar-refractivity contribution in [2.45, 2.75) is 4.90 Å². The topological polar surface area (TPSA) is 86.4 Å². The molecule has 0 fully saturated rings. The van der Waals surface area contributed by atoms with Crippen LogP contribution in [0.2, 0.25) is 5.02 Å². The largest absolute Gasteiger partial charge is 0.496 e. The second kappa shape index (κ2) is 9.60. The van der Waals surface area contributed by atoms with E-state index in [4.69, 9.17) is 20.9 Å². The van der Waals surface area contributed by atoms with Gasteiger partial charge in [0.15, 0.2) is 16.8 Å². The number of benzene rings is 3. The summed E-state index contributed by atoms with van der Waals surface area (Å²) in [5.74, 6) is 0.358. The number of aryl methyl sites for hydroxylation is 1. The Morgan fingerprint density at radius 3 is 2.67 bits per heavy atom.